The Kier molecular flexibility index (Phi) is 7.57. The van der Waals surface area contributed by atoms with Crippen LogP contribution in [0.4, 0.5) is 5.69 Å². The minimum absolute atomic E-state index is 0.00837. The molecule has 8 nitrogen and oxygen atoms in total. The number of carbonyl (C=O) groups is 1. The summed E-state index contributed by atoms with van der Waals surface area (Å²) < 4.78 is 0. The van der Waals surface area contributed by atoms with Gasteiger partial charge in [-0.25, -0.2) is 0 Å². The van der Waals surface area contributed by atoms with Crippen LogP contribution in [0.2, 0.25) is 0 Å². The first-order valence-electron chi connectivity index (χ1n) is 9.67. The number of hydrogen-bond acceptors (Lipinski definition) is 6. The van der Waals surface area contributed by atoms with Crippen LogP contribution < -0.4 is 10.6 Å². The smallest absolute Gasteiger partial charge is 0.269 e. The van der Waals surface area contributed by atoms with Crippen LogP contribution in [0.15, 0.2) is 73.3 Å². The average Bonchev–Trinajstić information content (AvgIpc) is 2.78. The Morgan fingerprint density at radius 3 is 2.33 bits per heavy atom. The van der Waals surface area contributed by atoms with Gasteiger partial charge in [-0.1, -0.05) is 18.2 Å². The summed E-state index contributed by atoms with van der Waals surface area (Å²) in [6, 6.07) is 13.1. The molecule has 3 rings (SSSR count). The molecule has 8 heteroatoms. The van der Waals surface area contributed by atoms with E-state index in [4.69, 9.17) is 0 Å². The highest BCUT2D eigenvalue weighted by Crippen LogP contribution is 2.18. The Balaban J connectivity index is 1.64. The van der Waals surface area contributed by atoms with Gasteiger partial charge < -0.3 is 10.6 Å². The van der Waals surface area contributed by atoms with E-state index in [-0.39, 0.29) is 11.6 Å². The molecule has 0 fully saturated rings. The topological polar surface area (TPSA) is 110 Å². The standard InChI is InChI=1S/C22H23N5O3/c28-22(26-15-9-17-7-12-23-13-8-17)21(19-3-5-20(6-4-19)27(29)30)25-14-10-18-2-1-11-24-16-18/h1-8,11-13,16,21,25H,9-10,14-15H2,(H,26,28). The first-order valence-corrected chi connectivity index (χ1v) is 9.67. The number of non-ortho nitro benzene ring substituents is 1. The SMILES string of the molecule is O=C(NCCc1ccncc1)C(NCCc1cccnc1)c1ccc([N+](=O)[O-])cc1. The van der Waals surface area contributed by atoms with Gasteiger partial charge >= 0.3 is 0 Å². The van der Waals surface area contributed by atoms with Gasteiger partial charge in [-0.2, -0.15) is 0 Å². The van der Waals surface area contributed by atoms with Crippen LogP contribution in [-0.2, 0) is 17.6 Å². The summed E-state index contributed by atoms with van der Waals surface area (Å²) in [5.41, 5.74) is 2.81. The van der Waals surface area contributed by atoms with E-state index in [9.17, 15) is 14.9 Å². The second kappa shape index (κ2) is 10.8. The first-order chi connectivity index (χ1) is 14.6. The Morgan fingerprint density at radius 1 is 0.933 bits per heavy atom. The monoisotopic (exact) mass is 405 g/mol. The molecule has 2 aromatic heterocycles. The van der Waals surface area contributed by atoms with E-state index in [1.54, 1.807) is 36.9 Å². The Morgan fingerprint density at radius 2 is 1.67 bits per heavy atom. The van der Waals surface area contributed by atoms with Crippen LogP contribution in [0.3, 0.4) is 0 Å². The normalized spacial score (nSPS) is 11.6. The molecule has 0 aliphatic carbocycles. The van der Waals surface area contributed by atoms with E-state index >= 15 is 0 Å². The van der Waals surface area contributed by atoms with Gasteiger partial charge in [-0.05, 0) is 47.7 Å². The third-order valence-electron chi connectivity index (χ3n) is 4.65. The Labute approximate surface area is 174 Å². The molecule has 0 saturated carbocycles. The van der Waals surface area contributed by atoms with Crippen LogP contribution in [0.25, 0.3) is 0 Å². The molecule has 2 heterocycles. The zero-order valence-corrected chi connectivity index (χ0v) is 16.4. The third kappa shape index (κ3) is 6.18. The van der Waals surface area contributed by atoms with Crippen LogP contribution in [-0.4, -0.2) is 33.9 Å². The second-order valence-corrected chi connectivity index (χ2v) is 6.74. The Hall–Kier alpha value is -3.65. The van der Waals surface area contributed by atoms with Crippen molar-refractivity contribution in [2.75, 3.05) is 13.1 Å². The van der Waals surface area contributed by atoms with E-state index in [0.717, 1.165) is 11.1 Å². The lowest BCUT2D eigenvalue weighted by Crippen LogP contribution is -2.39. The van der Waals surface area contributed by atoms with Gasteiger partial charge in [0.2, 0.25) is 5.91 Å². The van der Waals surface area contributed by atoms with Gasteiger partial charge in [0.15, 0.2) is 0 Å². The van der Waals surface area contributed by atoms with Crippen molar-refractivity contribution in [2.24, 2.45) is 0 Å². The molecular formula is C22H23N5O3. The maximum absolute atomic E-state index is 12.9. The zero-order valence-electron chi connectivity index (χ0n) is 16.4. The highest BCUT2D eigenvalue weighted by atomic mass is 16.6. The Bertz CT molecular complexity index is 950. The van der Waals surface area contributed by atoms with Crippen LogP contribution >= 0.6 is 0 Å². The largest absolute Gasteiger partial charge is 0.354 e. The number of carbonyl (C=O) groups excluding carboxylic acids is 1. The van der Waals surface area contributed by atoms with Gasteiger partial charge in [-0.3, -0.25) is 24.9 Å². The molecule has 0 saturated heterocycles. The number of hydrogen-bond donors (Lipinski definition) is 2. The number of nitrogens with zero attached hydrogens (tertiary/aromatic N) is 3. The van der Waals surface area contributed by atoms with E-state index < -0.39 is 11.0 Å². The molecule has 0 spiro atoms. The predicted octanol–water partition coefficient (Wildman–Crippen LogP) is 2.62. The molecule has 1 aromatic carbocycles. The number of rotatable bonds is 10. The summed E-state index contributed by atoms with van der Waals surface area (Å²) in [4.78, 5) is 31.4. The minimum Gasteiger partial charge on any atom is -0.354 e. The summed E-state index contributed by atoms with van der Waals surface area (Å²) in [6.45, 7) is 1.04. The fourth-order valence-corrected chi connectivity index (χ4v) is 3.04. The van der Waals surface area contributed by atoms with Gasteiger partial charge in [0.25, 0.3) is 5.69 Å². The molecule has 0 aliphatic heterocycles. The van der Waals surface area contributed by atoms with Crippen LogP contribution in [0, 0.1) is 10.1 Å². The number of pyridine rings is 2. The van der Waals surface area contributed by atoms with Crippen LogP contribution in [0.1, 0.15) is 22.7 Å². The van der Waals surface area contributed by atoms with Gasteiger partial charge in [-0.15, -0.1) is 0 Å². The maximum atomic E-state index is 12.9. The molecule has 154 valence electrons. The van der Waals surface area contributed by atoms with Crippen LogP contribution in [0.5, 0.6) is 0 Å². The highest BCUT2D eigenvalue weighted by Gasteiger charge is 2.20. The number of nitro groups is 1. The molecule has 0 radical (unpaired) electrons. The zero-order chi connectivity index (χ0) is 21.2. The third-order valence-corrected chi connectivity index (χ3v) is 4.65. The first kappa shape index (κ1) is 21.1. The van der Waals surface area contributed by atoms with Crippen molar-refractivity contribution < 1.29 is 9.72 Å². The van der Waals surface area contributed by atoms with E-state index in [2.05, 4.69) is 20.6 Å². The summed E-state index contributed by atoms with van der Waals surface area (Å²) in [5, 5.41) is 17.1. The van der Waals surface area contributed by atoms with E-state index in [1.165, 1.54) is 12.1 Å². The van der Waals surface area contributed by atoms with Crippen molar-refractivity contribution >= 4 is 11.6 Å². The van der Waals surface area contributed by atoms with Crippen molar-refractivity contribution in [3.8, 4) is 0 Å². The summed E-state index contributed by atoms with van der Waals surface area (Å²) in [5.74, 6) is -0.177. The lowest BCUT2D eigenvalue weighted by atomic mass is 10.0. The predicted molar refractivity (Wildman–Crippen MR) is 113 cm³/mol. The molecular weight excluding hydrogens is 382 g/mol. The fourth-order valence-electron chi connectivity index (χ4n) is 3.04. The molecule has 0 aliphatic rings. The molecule has 3 aromatic rings. The molecule has 0 bridgehead atoms. The molecule has 1 amide bonds. The summed E-state index contributed by atoms with van der Waals surface area (Å²) >= 11 is 0. The molecule has 2 N–H and O–H groups in total. The van der Waals surface area contributed by atoms with Gasteiger partial charge in [0.1, 0.15) is 6.04 Å². The van der Waals surface area contributed by atoms with Crippen molar-refractivity contribution in [1.82, 2.24) is 20.6 Å². The van der Waals surface area contributed by atoms with Crippen molar-refractivity contribution in [2.45, 2.75) is 18.9 Å². The van der Waals surface area contributed by atoms with E-state index in [0.29, 0.717) is 31.5 Å². The number of nitro benzene ring substituents is 1. The number of aromatic nitrogens is 2. The molecule has 30 heavy (non-hydrogen) atoms. The van der Waals surface area contributed by atoms with E-state index in [1.807, 2.05) is 24.3 Å². The molecule has 1 atom stereocenters. The van der Waals surface area contributed by atoms with Gasteiger partial charge in [0, 0.05) is 50.0 Å². The number of benzene rings is 1. The summed E-state index contributed by atoms with van der Waals surface area (Å²) in [6.07, 6.45) is 8.34. The second-order valence-electron chi connectivity index (χ2n) is 6.74. The maximum Gasteiger partial charge on any atom is 0.269 e. The lowest BCUT2D eigenvalue weighted by molar-refractivity contribution is -0.384. The quantitative estimate of drug-likeness (QED) is 0.396. The van der Waals surface area contributed by atoms with Gasteiger partial charge in [0.05, 0.1) is 4.92 Å². The number of amides is 1. The van der Waals surface area contributed by atoms with Crippen molar-refractivity contribution in [3.05, 3.63) is 100 Å². The van der Waals surface area contributed by atoms with Crippen molar-refractivity contribution in [1.29, 1.82) is 0 Å². The lowest BCUT2D eigenvalue weighted by Gasteiger charge is -2.19. The highest BCUT2D eigenvalue weighted by molar-refractivity contribution is 5.83. The fraction of sp³-hybridized carbons (Fsp3) is 0.227. The molecule has 1 unspecified atom stereocenters. The average molecular weight is 405 g/mol. The minimum atomic E-state index is -0.611. The summed E-state index contributed by atoms with van der Waals surface area (Å²) in [7, 11) is 0. The van der Waals surface area contributed by atoms with Crippen molar-refractivity contribution in [3.63, 3.8) is 0 Å². The number of nitrogens with one attached hydrogen (secondary N) is 2.